The van der Waals surface area contributed by atoms with Crippen molar-refractivity contribution >= 4 is 15.8 Å². The summed E-state index contributed by atoms with van der Waals surface area (Å²) in [6, 6.07) is 7.99. The van der Waals surface area contributed by atoms with E-state index < -0.39 is 9.84 Å². The fourth-order valence-electron chi connectivity index (χ4n) is 1.43. The third-order valence-electron chi connectivity index (χ3n) is 2.28. The molecule has 0 atom stereocenters. The Balaban J connectivity index is 2.62. The lowest BCUT2D eigenvalue weighted by Crippen LogP contribution is -2.08. The van der Waals surface area contributed by atoms with Crippen LogP contribution >= 0.6 is 0 Å². The first-order valence-electron chi connectivity index (χ1n) is 5.02. The van der Waals surface area contributed by atoms with Crippen molar-refractivity contribution < 1.29 is 13.2 Å². The number of sulfone groups is 1. The van der Waals surface area contributed by atoms with E-state index in [-0.39, 0.29) is 21.6 Å². The van der Waals surface area contributed by atoms with Crippen LogP contribution in [0.1, 0.15) is 0 Å². The molecular formula is C11H11N3O3S. The standard InChI is InChI=1S/C11H11N3O3S/c1-17-10-9(7-13-11(12)14-10)18(15,16)8-5-3-2-4-6-8/h2-7H,1H3,(H2,12,13,14). The lowest BCUT2D eigenvalue weighted by molar-refractivity contribution is 0.384. The Bertz CT molecular complexity index is 656. The molecule has 0 aliphatic rings. The van der Waals surface area contributed by atoms with E-state index in [0.29, 0.717) is 0 Å². The molecule has 0 amide bonds. The van der Waals surface area contributed by atoms with Gasteiger partial charge in [0.15, 0.2) is 4.90 Å². The van der Waals surface area contributed by atoms with Gasteiger partial charge >= 0.3 is 0 Å². The fraction of sp³-hybridized carbons (Fsp3) is 0.0909. The molecule has 1 aromatic carbocycles. The highest BCUT2D eigenvalue weighted by atomic mass is 32.2. The number of nitrogen functional groups attached to an aromatic ring is 1. The van der Waals surface area contributed by atoms with Gasteiger partial charge in [0, 0.05) is 0 Å². The summed E-state index contributed by atoms with van der Waals surface area (Å²) >= 11 is 0. The van der Waals surface area contributed by atoms with Crippen molar-refractivity contribution in [3.63, 3.8) is 0 Å². The first-order chi connectivity index (χ1) is 8.55. The van der Waals surface area contributed by atoms with Crippen LogP contribution in [0.2, 0.25) is 0 Å². The summed E-state index contributed by atoms with van der Waals surface area (Å²) in [5, 5.41) is 0. The molecule has 0 unspecified atom stereocenters. The van der Waals surface area contributed by atoms with E-state index in [1.54, 1.807) is 18.2 Å². The highest BCUT2D eigenvalue weighted by Crippen LogP contribution is 2.27. The second-order valence-corrected chi connectivity index (χ2v) is 5.34. The van der Waals surface area contributed by atoms with Crippen LogP contribution in [0.25, 0.3) is 0 Å². The number of hydrogen-bond donors (Lipinski definition) is 1. The zero-order valence-electron chi connectivity index (χ0n) is 9.57. The minimum atomic E-state index is -3.70. The van der Waals surface area contributed by atoms with Crippen molar-refractivity contribution in [2.24, 2.45) is 0 Å². The maximum absolute atomic E-state index is 12.3. The van der Waals surface area contributed by atoms with E-state index >= 15 is 0 Å². The van der Waals surface area contributed by atoms with Gasteiger partial charge in [-0.15, -0.1) is 0 Å². The highest BCUT2D eigenvalue weighted by molar-refractivity contribution is 7.91. The molecule has 0 aliphatic carbocycles. The van der Waals surface area contributed by atoms with Crippen molar-refractivity contribution in [2.75, 3.05) is 12.8 Å². The van der Waals surface area contributed by atoms with Gasteiger partial charge in [-0.25, -0.2) is 13.4 Å². The summed E-state index contributed by atoms with van der Waals surface area (Å²) in [6.45, 7) is 0. The molecule has 0 aliphatic heterocycles. The Hall–Kier alpha value is -2.15. The van der Waals surface area contributed by atoms with Crippen LogP contribution in [0, 0.1) is 0 Å². The summed E-state index contributed by atoms with van der Waals surface area (Å²) in [6.07, 6.45) is 1.14. The van der Waals surface area contributed by atoms with Crippen LogP contribution in [0.3, 0.4) is 0 Å². The van der Waals surface area contributed by atoms with E-state index in [2.05, 4.69) is 9.97 Å². The van der Waals surface area contributed by atoms with Crippen molar-refractivity contribution in [1.29, 1.82) is 0 Å². The smallest absolute Gasteiger partial charge is 0.237 e. The van der Waals surface area contributed by atoms with Gasteiger partial charge in [-0.3, -0.25) is 0 Å². The lowest BCUT2D eigenvalue weighted by Gasteiger charge is -2.08. The number of ether oxygens (including phenoxy) is 1. The average Bonchev–Trinajstić information content (AvgIpc) is 2.39. The van der Waals surface area contributed by atoms with Crippen LogP contribution in [-0.2, 0) is 9.84 Å². The van der Waals surface area contributed by atoms with E-state index in [4.69, 9.17) is 10.5 Å². The van der Waals surface area contributed by atoms with Crippen LogP contribution < -0.4 is 10.5 Å². The number of aromatic nitrogens is 2. The Morgan fingerprint density at radius 3 is 2.50 bits per heavy atom. The van der Waals surface area contributed by atoms with Crippen molar-refractivity contribution in [3.05, 3.63) is 36.5 Å². The number of benzene rings is 1. The second-order valence-electron chi connectivity index (χ2n) is 3.42. The molecule has 0 saturated carbocycles. The van der Waals surface area contributed by atoms with Gasteiger partial charge in [0.2, 0.25) is 21.7 Å². The molecule has 0 radical (unpaired) electrons. The van der Waals surface area contributed by atoms with E-state index in [9.17, 15) is 8.42 Å². The predicted molar refractivity (Wildman–Crippen MR) is 64.9 cm³/mol. The zero-order chi connectivity index (χ0) is 13.2. The average molecular weight is 265 g/mol. The Morgan fingerprint density at radius 1 is 1.22 bits per heavy atom. The van der Waals surface area contributed by atoms with E-state index in [1.807, 2.05) is 0 Å². The molecule has 2 N–H and O–H groups in total. The molecule has 6 nitrogen and oxygen atoms in total. The van der Waals surface area contributed by atoms with Crippen molar-refractivity contribution in [1.82, 2.24) is 9.97 Å². The summed E-state index contributed by atoms with van der Waals surface area (Å²) in [5.41, 5.74) is 5.39. The van der Waals surface area contributed by atoms with Gasteiger partial charge in [-0.1, -0.05) is 18.2 Å². The maximum atomic E-state index is 12.3. The SMILES string of the molecule is COc1nc(N)ncc1S(=O)(=O)c1ccccc1. The van der Waals surface area contributed by atoms with Crippen LogP contribution in [-0.4, -0.2) is 25.5 Å². The Labute approximate surface area is 104 Å². The van der Waals surface area contributed by atoms with Crippen molar-refractivity contribution in [2.45, 2.75) is 9.79 Å². The third-order valence-corrected chi connectivity index (χ3v) is 4.03. The quantitative estimate of drug-likeness (QED) is 0.885. The monoisotopic (exact) mass is 265 g/mol. The summed E-state index contributed by atoms with van der Waals surface area (Å²) in [5.74, 6) is -0.106. The molecule has 1 aromatic heterocycles. The van der Waals surface area contributed by atoms with Crippen LogP contribution in [0.15, 0.2) is 46.3 Å². The zero-order valence-corrected chi connectivity index (χ0v) is 10.4. The maximum Gasteiger partial charge on any atom is 0.237 e. The van der Waals surface area contributed by atoms with Gasteiger partial charge < -0.3 is 10.5 Å². The molecule has 0 spiro atoms. The third kappa shape index (κ3) is 2.12. The normalized spacial score (nSPS) is 11.2. The molecule has 0 fully saturated rings. The minimum Gasteiger partial charge on any atom is -0.480 e. The lowest BCUT2D eigenvalue weighted by atomic mass is 10.4. The summed E-state index contributed by atoms with van der Waals surface area (Å²) in [4.78, 5) is 7.48. The number of anilines is 1. The van der Waals surface area contributed by atoms with Crippen LogP contribution in [0.4, 0.5) is 5.95 Å². The number of nitrogens with zero attached hydrogens (tertiary/aromatic N) is 2. The van der Waals surface area contributed by atoms with Gasteiger partial charge in [0.1, 0.15) is 0 Å². The molecule has 2 rings (SSSR count). The number of methoxy groups -OCH3 is 1. The fourth-order valence-corrected chi connectivity index (χ4v) is 2.74. The van der Waals surface area contributed by atoms with Gasteiger partial charge in [0.05, 0.1) is 18.2 Å². The first kappa shape index (κ1) is 12.3. The second kappa shape index (κ2) is 4.61. The summed E-state index contributed by atoms with van der Waals surface area (Å²) < 4.78 is 29.6. The molecule has 7 heteroatoms. The Kier molecular flexibility index (Phi) is 3.15. The molecule has 18 heavy (non-hydrogen) atoms. The van der Waals surface area contributed by atoms with E-state index in [1.165, 1.54) is 19.2 Å². The van der Waals surface area contributed by atoms with E-state index in [0.717, 1.165) is 6.20 Å². The number of nitrogens with two attached hydrogens (primary N) is 1. The van der Waals surface area contributed by atoms with Gasteiger partial charge in [-0.2, -0.15) is 4.98 Å². The molecule has 1 heterocycles. The molecule has 0 bridgehead atoms. The van der Waals surface area contributed by atoms with Gasteiger partial charge in [0.25, 0.3) is 0 Å². The molecule has 94 valence electrons. The number of rotatable bonds is 3. The summed E-state index contributed by atoms with van der Waals surface area (Å²) in [7, 11) is -2.38. The molecular weight excluding hydrogens is 254 g/mol. The molecule has 0 saturated heterocycles. The molecule has 2 aromatic rings. The van der Waals surface area contributed by atoms with Crippen molar-refractivity contribution in [3.8, 4) is 5.88 Å². The topological polar surface area (TPSA) is 95.2 Å². The minimum absolute atomic E-state index is 0.0427. The first-order valence-corrected chi connectivity index (χ1v) is 6.50. The Morgan fingerprint density at radius 2 is 1.89 bits per heavy atom. The van der Waals surface area contributed by atoms with Gasteiger partial charge in [-0.05, 0) is 12.1 Å². The predicted octanol–water partition coefficient (Wildman–Crippen LogP) is 0.900. The van der Waals surface area contributed by atoms with Crippen LogP contribution in [0.5, 0.6) is 5.88 Å². The largest absolute Gasteiger partial charge is 0.480 e. The highest BCUT2D eigenvalue weighted by Gasteiger charge is 2.23. The number of hydrogen-bond acceptors (Lipinski definition) is 6.